The third kappa shape index (κ3) is 2.20. The molecule has 0 spiro atoms. The van der Waals surface area contributed by atoms with E-state index in [0.717, 1.165) is 5.92 Å². The topological polar surface area (TPSA) is 38.0 Å². The second-order valence-electron chi connectivity index (χ2n) is 5.03. The normalized spacial score (nSPS) is 32.0. The molecule has 1 rings (SSSR count). The zero-order valence-electron chi connectivity index (χ0n) is 8.56. The molecule has 0 saturated heterocycles. The van der Waals surface area contributed by atoms with Gasteiger partial charge in [-0.25, -0.2) is 0 Å². The molecule has 12 heavy (non-hydrogen) atoms. The minimum Gasteiger partial charge on any atom is -0.271 e. The Morgan fingerprint density at radius 1 is 1.17 bits per heavy atom. The molecule has 1 fully saturated rings. The lowest BCUT2D eigenvalue weighted by molar-refractivity contribution is 0.131. The predicted molar refractivity (Wildman–Crippen MR) is 52.5 cm³/mol. The fraction of sp³-hybridized carbons (Fsp3) is 1.00. The molecule has 0 aromatic carbocycles. The van der Waals surface area contributed by atoms with Gasteiger partial charge in [0, 0.05) is 6.04 Å². The summed E-state index contributed by atoms with van der Waals surface area (Å²) in [6.07, 6.45) is 5.29. The standard InChI is InChI=1S/C10H22N2/c1-10(2,3)8-6-4-5-7-9(8)12-11/h8-9,12H,4-7,11H2,1-3H3/t8-,9-/m0/s1. The number of hydrogen-bond donors (Lipinski definition) is 2. The first-order chi connectivity index (χ1) is 5.55. The van der Waals surface area contributed by atoms with Crippen LogP contribution in [0, 0.1) is 11.3 Å². The lowest BCUT2D eigenvalue weighted by atomic mass is 9.70. The molecule has 2 nitrogen and oxygen atoms in total. The fourth-order valence-corrected chi connectivity index (χ4v) is 2.37. The van der Waals surface area contributed by atoms with E-state index in [1.165, 1.54) is 25.7 Å². The molecule has 1 aliphatic rings. The summed E-state index contributed by atoms with van der Waals surface area (Å²) >= 11 is 0. The maximum atomic E-state index is 5.54. The number of nitrogens with one attached hydrogen (secondary N) is 1. The van der Waals surface area contributed by atoms with E-state index in [9.17, 15) is 0 Å². The van der Waals surface area contributed by atoms with Crippen molar-refractivity contribution in [3.8, 4) is 0 Å². The lowest BCUT2D eigenvalue weighted by Gasteiger charge is -2.40. The van der Waals surface area contributed by atoms with Crippen LogP contribution in [0.1, 0.15) is 46.5 Å². The highest BCUT2D eigenvalue weighted by molar-refractivity contribution is 4.86. The molecule has 0 aliphatic heterocycles. The second kappa shape index (κ2) is 3.75. The first kappa shape index (κ1) is 10.0. The van der Waals surface area contributed by atoms with Crippen LogP contribution in [0.15, 0.2) is 0 Å². The monoisotopic (exact) mass is 170 g/mol. The Bertz CT molecular complexity index is 137. The van der Waals surface area contributed by atoms with Crippen molar-refractivity contribution in [3.63, 3.8) is 0 Å². The van der Waals surface area contributed by atoms with E-state index in [-0.39, 0.29) is 0 Å². The summed E-state index contributed by atoms with van der Waals surface area (Å²) in [5.41, 5.74) is 3.36. The van der Waals surface area contributed by atoms with Crippen LogP contribution in [-0.2, 0) is 0 Å². The van der Waals surface area contributed by atoms with Crippen LogP contribution in [0.5, 0.6) is 0 Å². The average molecular weight is 170 g/mol. The molecule has 72 valence electrons. The maximum absolute atomic E-state index is 5.54. The number of rotatable bonds is 1. The van der Waals surface area contributed by atoms with Crippen LogP contribution < -0.4 is 11.3 Å². The average Bonchev–Trinajstić information content (AvgIpc) is 2.03. The van der Waals surface area contributed by atoms with Crippen molar-refractivity contribution in [2.45, 2.75) is 52.5 Å². The van der Waals surface area contributed by atoms with Gasteiger partial charge in [0.25, 0.3) is 0 Å². The highest BCUT2D eigenvalue weighted by Gasteiger charge is 2.33. The van der Waals surface area contributed by atoms with E-state index in [4.69, 9.17) is 5.84 Å². The summed E-state index contributed by atoms with van der Waals surface area (Å²) in [5.74, 6) is 6.29. The van der Waals surface area contributed by atoms with Crippen LogP contribution in [0.4, 0.5) is 0 Å². The van der Waals surface area contributed by atoms with Gasteiger partial charge >= 0.3 is 0 Å². The van der Waals surface area contributed by atoms with Crippen molar-refractivity contribution in [1.82, 2.24) is 5.43 Å². The van der Waals surface area contributed by atoms with E-state index in [0.29, 0.717) is 11.5 Å². The minimum absolute atomic E-state index is 0.400. The van der Waals surface area contributed by atoms with Crippen molar-refractivity contribution >= 4 is 0 Å². The van der Waals surface area contributed by atoms with Crippen molar-refractivity contribution in [1.29, 1.82) is 0 Å². The molecule has 2 heteroatoms. The van der Waals surface area contributed by atoms with Crippen LogP contribution >= 0.6 is 0 Å². The Morgan fingerprint density at radius 2 is 1.75 bits per heavy atom. The summed E-state index contributed by atoms with van der Waals surface area (Å²) in [6, 6.07) is 0.541. The molecular formula is C10H22N2. The van der Waals surface area contributed by atoms with Gasteiger partial charge < -0.3 is 0 Å². The van der Waals surface area contributed by atoms with Crippen molar-refractivity contribution in [2.75, 3.05) is 0 Å². The molecule has 0 aromatic rings. The van der Waals surface area contributed by atoms with E-state index in [1.54, 1.807) is 0 Å². The smallest absolute Gasteiger partial charge is 0.0243 e. The Balaban J connectivity index is 2.59. The predicted octanol–water partition coefficient (Wildman–Crippen LogP) is 2.05. The molecule has 1 saturated carbocycles. The molecule has 0 bridgehead atoms. The second-order valence-corrected chi connectivity index (χ2v) is 5.03. The zero-order chi connectivity index (χ0) is 9.19. The Morgan fingerprint density at radius 3 is 2.17 bits per heavy atom. The van der Waals surface area contributed by atoms with Crippen molar-refractivity contribution < 1.29 is 0 Å². The third-order valence-electron chi connectivity index (χ3n) is 3.09. The lowest BCUT2D eigenvalue weighted by Crippen LogP contribution is -2.47. The molecule has 3 N–H and O–H groups in total. The van der Waals surface area contributed by atoms with Crippen molar-refractivity contribution in [2.24, 2.45) is 17.2 Å². The van der Waals surface area contributed by atoms with Gasteiger partial charge in [0.05, 0.1) is 0 Å². The Labute approximate surface area is 75.9 Å². The van der Waals surface area contributed by atoms with Crippen LogP contribution in [0.25, 0.3) is 0 Å². The number of hydrazine groups is 1. The third-order valence-corrected chi connectivity index (χ3v) is 3.09. The molecule has 0 heterocycles. The highest BCUT2D eigenvalue weighted by Crippen LogP contribution is 2.37. The van der Waals surface area contributed by atoms with Gasteiger partial charge in [0.1, 0.15) is 0 Å². The zero-order valence-corrected chi connectivity index (χ0v) is 8.56. The van der Waals surface area contributed by atoms with E-state index >= 15 is 0 Å². The number of hydrogen-bond acceptors (Lipinski definition) is 2. The van der Waals surface area contributed by atoms with Crippen LogP contribution in [0.3, 0.4) is 0 Å². The maximum Gasteiger partial charge on any atom is 0.0243 e. The van der Waals surface area contributed by atoms with E-state index in [1.807, 2.05) is 0 Å². The van der Waals surface area contributed by atoms with Crippen LogP contribution in [0.2, 0.25) is 0 Å². The molecule has 0 radical (unpaired) electrons. The van der Waals surface area contributed by atoms with Gasteiger partial charge in [-0.15, -0.1) is 0 Å². The Hall–Kier alpha value is -0.0800. The first-order valence-electron chi connectivity index (χ1n) is 5.02. The molecule has 2 atom stereocenters. The summed E-state index contributed by atoms with van der Waals surface area (Å²) in [5, 5.41) is 0. The van der Waals surface area contributed by atoms with Gasteiger partial charge in [-0.05, 0) is 24.2 Å². The summed E-state index contributed by atoms with van der Waals surface area (Å²) < 4.78 is 0. The highest BCUT2D eigenvalue weighted by atomic mass is 15.2. The quantitative estimate of drug-likeness (QED) is 0.467. The van der Waals surface area contributed by atoms with E-state index < -0.39 is 0 Å². The van der Waals surface area contributed by atoms with Gasteiger partial charge in [-0.3, -0.25) is 11.3 Å². The molecular weight excluding hydrogens is 148 g/mol. The number of nitrogens with two attached hydrogens (primary N) is 1. The van der Waals surface area contributed by atoms with Crippen LogP contribution in [-0.4, -0.2) is 6.04 Å². The van der Waals surface area contributed by atoms with Gasteiger partial charge in [-0.2, -0.15) is 0 Å². The van der Waals surface area contributed by atoms with Gasteiger partial charge in [-0.1, -0.05) is 33.6 Å². The van der Waals surface area contributed by atoms with Crippen molar-refractivity contribution in [3.05, 3.63) is 0 Å². The molecule has 1 aliphatic carbocycles. The summed E-state index contributed by atoms with van der Waals surface area (Å²) in [6.45, 7) is 6.94. The first-order valence-corrected chi connectivity index (χ1v) is 5.02. The summed E-state index contributed by atoms with van der Waals surface area (Å²) in [4.78, 5) is 0. The SMILES string of the molecule is CC(C)(C)[C@H]1CCCC[C@@H]1NN. The Kier molecular flexibility index (Phi) is 3.13. The minimum atomic E-state index is 0.400. The molecule has 0 aromatic heterocycles. The largest absolute Gasteiger partial charge is 0.271 e. The summed E-state index contributed by atoms with van der Waals surface area (Å²) in [7, 11) is 0. The molecule has 0 amide bonds. The fourth-order valence-electron chi connectivity index (χ4n) is 2.37. The molecule has 0 unspecified atom stereocenters. The van der Waals surface area contributed by atoms with E-state index in [2.05, 4.69) is 26.2 Å². The van der Waals surface area contributed by atoms with Gasteiger partial charge in [0.2, 0.25) is 0 Å². The van der Waals surface area contributed by atoms with Gasteiger partial charge in [0.15, 0.2) is 0 Å².